The molecule has 1 fully saturated rings. The van der Waals surface area contributed by atoms with Crippen LogP contribution in [-0.2, 0) is 0 Å². The zero-order valence-electron chi connectivity index (χ0n) is 11.2. The fourth-order valence-electron chi connectivity index (χ4n) is 3.07. The lowest BCUT2D eigenvalue weighted by molar-refractivity contribution is 0.154. The summed E-state index contributed by atoms with van der Waals surface area (Å²) in [4.78, 5) is 0. The van der Waals surface area contributed by atoms with E-state index in [0.29, 0.717) is 5.41 Å². The first-order valence-electron chi connectivity index (χ1n) is 7.32. The lowest BCUT2D eigenvalue weighted by atomic mass is 9.68. The first kappa shape index (κ1) is 14.5. The second kappa shape index (κ2) is 7.74. The number of rotatable bonds is 7. The van der Waals surface area contributed by atoms with Crippen molar-refractivity contribution in [3.05, 3.63) is 0 Å². The molecule has 0 bridgehead atoms. The van der Waals surface area contributed by atoms with Crippen molar-refractivity contribution in [1.82, 2.24) is 0 Å². The van der Waals surface area contributed by atoms with Gasteiger partial charge in [0, 0.05) is 5.33 Å². The van der Waals surface area contributed by atoms with Crippen molar-refractivity contribution in [2.24, 2.45) is 11.3 Å². The van der Waals surface area contributed by atoms with Gasteiger partial charge in [-0.15, -0.1) is 0 Å². The topological polar surface area (TPSA) is 0 Å². The van der Waals surface area contributed by atoms with E-state index in [1.165, 1.54) is 69.5 Å². The molecule has 1 rings (SSSR count). The normalized spacial score (nSPS) is 30.6. The Bertz CT molecular complexity index is 168. The molecule has 0 spiro atoms. The second-order valence-corrected chi connectivity index (χ2v) is 6.38. The minimum absolute atomic E-state index is 0.665. The van der Waals surface area contributed by atoms with E-state index in [-0.39, 0.29) is 0 Å². The van der Waals surface area contributed by atoms with Crippen LogP contribution in [0.1, 0.15) is 78.1 Å². The van der Waals surface area contributed by atoms with Gasteiger partial charge in [0.2, 0.25) is 0 Å². The van der Waals surface area contributed by atoms with Crippen LogP contribution in [-0.4, -0.2) is 5.33 Å². The van der Waals surface area contributed by atoms with E-state index in [1.807, 2.05) is 0 Å². The summed E-state index contributed by atoms with van der Waals surface area (Å²) in [5.41, 5.74) is 0.665. The Morgan fingerprint density at radius 3 is 2.19 bits per heavy atom. The van der Waals surface area contributed by atoms with Crippen molar-refractivity contribution in [3.63, 3.8) is 0 Å². The number of halogens is 1. The number of alkyl halides is 1. The highest BCUT2D eigenvalue weighted by molar-refractivity contribution is 9.09. The van der Waals surface area contributed by atoms with Crippen LogP contribution in [0.3, 0.4) is 0 Å². The average molecular weight is 289 g/mol. The van der Waals surface area contributed by atoms with Crippen LogP contribution in [0.25, 0.3) is 0 Å². The molecule has 1 saturated carbocycles. The van der Waals surface area contributed by atoms with E-state index >= 15 is 0 Å². The Balaban J connectivity index is 2.31. The fraction of sp³-hybridized carbons (Fsp3) is 1.00. The maximum atomic E-state index is 3.77. The molecular weight excluding hydrogens is 260 g/mol. The summed E-state index contributed by atoms with van der Waals surface area (Å²) in [6.07, 6.45) is 14.5. The predicted molar refractivity (Wildman–Crippen MR) is 77.2 cm³/mol. The Kier molecular flexibility index (Phi) is 7.03. The zero-order chi connectivity index (χ0) is 11.9. The van der Waals surface area contributed by atoms with Gasteiger partial charge in [0.1, 0.15) is 0 Å². The van der Waals surface area contributed by atoms with Crippen LogP contribution < -0.4 is 0 Å². The number of hydrogen-bond donors (Lipinski definition) is 0. The van der Waals surface area contributed by atoms with Crippen molar-refractivity contribution in [3.8, 4) is 0 Å². The zero-order valence-corrected chi connectivity index (χ0v) is 12.8. The first-order chi connectivity index (χ1) is 7.76. The number of hydrogen-bond acceptors (Lipinski definition) is 0. The molecule has 0 nitrogen and oxygen atoms in total. The van der Waals surface area contributed by atoms with Crippen molar-refractivity contribution in [2.75, 3.05) is 5.33 Å². The van der Waals surface area contributed by atoms with Gasteiger partial charge in [0.25, 0.3) is 0 Å². The van der Waals surface area contributed by atoms with Crippen LogP contribution >= 0.6 is 15.9 Å². The molecular formula is C15H29Br. The van der Waals surface area contributed by atoms with E-state index in [9.17, 15) is 0 Å². The van der Waals surface area contributed by atoms with Crippen LogP contribution in [0.5, 0.6) is 0 Å². The van der Waals surface area contributed by atoms with Crippen molar-refractivity contribution in [2.45, 2.75) is 78.1 Å². The van der Waals surface area contributed by atoms with E-state index in [0.717, 1.165) is 5.92 Å². The maximum Gasteiger partial charge on any atom is 0.00879 e. The Hall–Kier alpha value is 0.480. The molecule has 0 N–H and O–H groups in total. The fourth-order valence-corrected chi connectivity index (χ4v) is 3.91. The summed E-state index contributed by atoms with van der Waals surface area (Å²) in [5, 5.41) is 1.24. The van der Waals surface area contributed by atoms with Gasteiger partial charge in [-0.1, -0.05) is 61.9 Å². The Labute approximate surface area is 111 Å². The largest absolute Gasteiger partial charge is 0.0922 e. The van der Waals surface area contributed by atoms with Gasteiger partial charge in [-0.2, -0.15) is 0 Å². The Morgan fingerprint density at radius 1 is 1.06 bits per heavy atom. The minimum Gasteiger partial charge on any atom is -0.0922 e. The third kappa shape index (κ3) is 4.39. The summed E-state index contributed by atoms with van der Waals surface area (Å²) >= 11 is 3.77. The smallest absolute Gasteiger partial charge is 0.00879 e. The highest BCUT2D eigenvalue weighted by Gasteiger charge is 2.33. The first-order valence-corrected chi connectivity index (χ1v) is 8.44. The van der Waals surface area contributed by atoms with E-state index in [4.69, 9.17) is 0 Å². The van der Waals surface area contributed by atoms with Crippen LogP contribution in [0.15, 0.2) is 0 Å². The average Bonchev–Trinajstić information content (AvgIpc) is 2.35. The highest BCUT2D eigenvalue weighted by Crippen LogP contribution is 2.45. The van der Waals surface area contributed by atoms with Crippen LogP contribution in [0.2, 0.25) is 0 Å². The van der Waals surface area contributed by atoms with E-state index < -0.39 is 0 Å². The molecule has 1 aliphatic carbocycles. The third-order valence-corrected chi connectivity index (χ3v) is 5.67. The quantitative estimate of drug-likeness (QED) is 0.509. The van der Waals surface area contributed by atoms with E-state index in [2.05, 4.69) is 29.8 Å². The molecule has 96 valence electrons. The molecule has 0 aromatic rings. The molecule has 0 atom stereocenters. The van der Waals surface area contributed by atoms with Crippen molar-refractivity contribution >= 4 is 15.9 Å². The minimum atomic E-state index is 0.665. The maximum absolute atomic E-state index is 3.77. The summed E-state index contributed by atoms with van der Waals surface area (Å²) < 4.78 is 0. The third-order valence-electron chi connectivity index (χ3n) is 4.48. The standard InChI is InChI=1S/C15H29Br/c1-3-5-7-14-8-11-15(13-16,12-9-14)10-6-4-2/h14H,3-13H2,1-2H3. The molecule has 0 aromatic carbocycles. The molecule has 0 amide bonds. The predicted octanol–water partition coefficient (Wildman–Crippen LogP) is 5.94. The van der Waals surface area contributed by atoms with Crippen LogP contribution in [0, 0.1) is 11.3 Å². The molecule has 1 heteroatoms. The molecule has 0 saturated heterocycles. The van der Waals surface area contributed by atoms with E-state index in [1.54, 1.807) is 0 Å². The van der Waals surface area contributed by atoms with Crippen LogP contribution in [0.4, 0.5) is 0 Å². The number of unbranched alkanes of at least 4 members (excludes halogenated alkanes) is 2. The molecule has 0 aromatic heterocycles. The molecule has 0 aliphatic heterocycles. The van der Waals surface area contributed by atoms with Crippen molar-refractivity contribution < 1.29 is 0 Å². The molecule has 0 radical (unpaired) electrons. The highest BCUT2D eigenvalue weighted by atomic mass is 79.9. The van der Waals surface area contributed by atoms with Gasteiger partial charge in [-0.05, 0) is 43.4 Å². The van der Waals surface area contributed by atoms with Gasteiger partial charge in [-0.25, -0.2) is 0 Å². The SMILES string of the molecule is CCCCC1CCC(CBr)(CCCC)CC1. The lowest BCUT2D eigenvalue weighted by Crippen LogP contribution is -2.29. The monoisotopic (exact) mass is 288 g/mol. The summed E-state index contributed by atoms with van der Waals surface area (Å²) in [5.74, 6) is 1.05. The molecule has 0 unspecified atom stereocenters. The van der Waals surface area contributed by atoms with Gasteiger partial charge in [-0.3, -0.25) is 0 Å². The lowest BCUT2D eigenvalue weighted by Gasteiger charge is -2.39. The molecule has 0 heterocycles. The van der Waals surface area contributed by atoms with Gasteiger partial charge in [0.05, 0.1) is 0 Å². The molecule has 16 heavy (non-hydrogen) atoms. The Morgan fingerprint density at radius 2 is 1.69 bits per heavy atom. The second-order valence-electron chi connectivity index (χ2n) is 5.82. The summed E-state index contributed by atoms with van der Waals surface area (Å²) in [6, 6.07) is 0. The van der Waals surface area contributed by atoms with Gasteiger partial charge >= 0.3 is 0 Å². The van der Waals surface area contributed by atoms with Gasteiger partial charge in [0.15, 0.2) is 0 Å². The summed E-state index contributed by atoms with van der Waals surface area (Å²) in [6.45, 7) is 4.63. The summed E-state index contributed by atoms with van der Waals surface area (Å²) in [7, 11) is 0. The molecule has 1 aliphatic rings. The van der Waals surface area contributed by atoms with Crippen molar-refractivity contribution in [1.29, 1.82) is 0 Å². The van der Waals surface area contributed by atoms with Gasteiger partial charge < -0.3 is 0 Å².